The largest absolute Gasteiger partial charge is 0.421 e. The van der Waals surface area contributed by atoms with Gasteiger partial charge in [0.25, 0.3) is 5.91 Å². The lowest BCUT2D eigenvalue weighted by Crippen LogP contribution is -2.21. The Bertz CT molecular complexity index is 1700. The fraction of sp³-hybridized carbons (Fsp3) is 0.269. The molecule has 4 rings (SSSR count). The van der Waals surface area contributed by atoms with Gasteiger partial charge in [0.1, 0.15) is 11.4 Å². The minimum Gasteiger partial charge on any atom is -0.396 e. The Labute approximate surface area is 253 Å². The van der Waals surface area contributed by atoms with Gasteiger partial charge in [-0.2, -0.15) is 23.3 Å². The number of carbonyl (C=O) groups excluding carboxylic acids is 1. The summed E-state index contributed by atoms with van der Waals surface area (Å²) in [6, 6.07) is 6.97. The first-order chi connectivity index (χ1) is 20.8. The van der Waals surface area contributed by atoms with Gasteiger partial charge in [0, 0.05) is 38.2 Å². The summed E-state index contributed by atoms with van der Waals surface area (Å²) >= 11 is 6.22. The number of halogens is 4. The van der Waals surface area contributed by atoms with Crippen LogP contribution >= 0.6 is 19.2 Å². The van der Waals surface area contributed by atoms with E-state index in [1.54, 1.807) is 10.9 Å². The normalized spacial score (nSPS) is 11.8. The van der Waals surface area contributed by atoms with E-state index >= 15 is 0 Å². The van der Waals surface area contributed by atoms with E-state index in [1.165, 1.54) is 43.6 Å². The van der Waals surface area contributed by atoms with E-state index in [1.807, 2.05) is 0 Å². The summed E-state index contributed by atoms with van der Waals surface area (Å²) in [5, 5.41) is 20.9. The van der Waals surface area contributed by atoms with E-state index in [0.29, 0.717) is 36.8 Å². The summed E-state index contributed by atoms with van der Waals surface area (Å²) in [6.45, 7) is 0.609. The summed E-state index contributed by atoms with van der Waals surface area (Å²) in [5.74, 6) is -1.64. The molecule has 1 aromatic carbocycles. The Morgan fingerprint density at radius 2 is 1.82 bits per heavy atom. The van der Waals surface area contributed by atoms with Crippen molar-refractivity contribution in [2.24, 2.45) is 0 Å². The number of nitrogens with zero attached hydrogens (tertiary/aromatic N) is 5. The van der Waals surface area contributed by atoms with Crippen molar-refractivity contribution >= 4 is 48.2 Å². The summed E-state index contributed by atoms with van der Waals surface area (Å²) in [5.41, 5.74) is -0.167. The fourth-order valence-electron chi connectivity index (χ4n) is 4.00. The van der Waals surface area contributed by atoms with Crippen LogP contribution < -0.4 is 16.0 Å². The van der Waals surface area contributed by atoms with Crippen molar-refractivity contribution in [1.29, 1.82) is 0 Å². The monoisotopic (exact) mass is 654 g/mol. The highest BCUT2D eigenvalue weighted by Gasteiger charge is 2.36. The van der Waals surface area contributed by atoms with Crippen molar-refractivity contribution in [2.45, 2.75) is 31.7 Å². The molecule has 0 aliphatic heterocycles. The van der Waals surface area contributed by atoms with Gasteiger partial charge in [-0.05, 0) is 42.7 Å². The van der Waals surface area contributed by atoms with Crippen molar-refractivity contribution in [2.75, 3.05) is 24.3 Å². The number of hydrogen-bond acceptors (Lipinski definition) is 9. The number of aryl methyl sites for hydroxylation is 1. The van der Waals surface area contributed by atoms with Crippen LogP contribution in [-0.2, 0) is 23.4 Å². The Balaban J connectivity index is 1.66. The lowest BCUT2D eigenvalue weighted by atomic mass is 10.1. The van der Waals surface area contributed by atoms with Crippen molar-refractivity contribution in [3.8, 4) is 11.3 Å². The number of rotatable bonds is 12. The third kappa shape index (κ3) is 8.51. The van der Waals surface area contributed by atoms with Crippen molar-refractivity contribution < 1.29 is 37.4 Å². The Kier molecular flexibility index (Phi) is 10.2. The summed E-state index contributed by atoms with van der Waals surface area (Å²) in [7, 11) is -3.00. The molecular formula is C26H27ClF3N8O5P. The first kappa shape index (κ1) is 32.8. The lowest BCUT2D eigenvalue weighted by molar-refractivity contribution is -0.137. The Morgan fingerprint density at radius 3 is 2.48 bits per heavy atom. The summed E-state index contributed by atoms with van der Waals surface area (Å²) < 4.78 is 54.7. The minimum absolute atomic E-state index is 0.0207. The molecule has 0 fully saturated rings. The Morgan fingerprint density at radius 1 is 1.07 bits per heavy atom. The number of anilines is 4. The molecule has 0 atom stereocenters. The molecule has 4 aromatic rings. The molecule has 234 valence electrons. The standard InChI is InChI=1S/C26H27ClF3N8O5P/c1-31-24(40)22-21(7-6-19(34-22)16-11-33-38(13-16)8-2-3-9-39)35-23-17(26(28,29)30)12-32-25(37-23)36-20-5-4-15(10-18(20)27)14-44(41,42)43/h4-7,10-13,39H,2-3,8-9,14H2,1H3,(H,31,40)(H2,41,42,43)(H2,32,35,36,37). The highest BCUT2D eigenvalue weighted by molar-refractivity contribution is 7.50. The SMILES string of the molecule is CNC(=O)c1nc(-c2cnn(CCCCO)c2)ccc1Nc1nc(Nc2ccc(CP(=O)(O)O)cc2Cl)ncc1C(F)(F)F. The molecule has 0 radical (unpaired) electrons. The van der Waals surface area contributed by atoms with E-state index in [-0.39, 0.29) is 40.2 Å². The zero-order valence-electron chi connectivity index (χ0n) is 23.0. The number of aliphatic hydroxyl groups excluding tert-OH is 1. The van der Waals surface area contributed by atoms with Crippen LogP contribution in [0.25, 0.3) is 11.3 Å². The van der Waals surface area contributed by atoms with Gasteiger partial charge in [0.15, 0.2) is 5.69 Å². The molecule has 0 saturated carbocycles. The van der Waals surface area contributed by atoms with Crippen molar-refractivity contribution in [3.05, 3.63) is 70.8 Å². The average molecular weight is 655 g/mol. The van der Waals surface area contributed by atoms with E-state index < -0.39 is 37.2 Å². The second kappa shape index (κ2) is 13.7. The van der Waals surface area contributed by atoms with Gasteiger partial charge in [0.2, 0.25) is 5.95 Å². The third-order valence-corrected chi connectivity index (χ3v) is 7.17. The smallest absolute Gasteiger partial charge is 0.396 e. The van der Waals surface area contributed by atoms with Crippen LogP contribution in [0.2, 0.25) is 5.02 Å². The van der Waals surface area contributed by atoms with Gasteiger partial charge in [-0.25, -0.2) is 9.97 Å². The molecule has 0 spiro atoms. The third-order valence-electron chi connectivity index (χ3n) is 6.08. The van der Waals surface area contributed by atoms with Crippen LogP contribution in [0.4, 0.5) is 36.3 Å². The van der Waals surface area contributed by atoms with E-state index in [4.69, 9.17) is 16.7 Å². The number of carbonyl (C=O) groups is 1. The van der Waals surface area contributed by atoms with E-state index in [0.717, 1.165) is 0 Å². The number of nitrogens with one attached hydrogen (secondary N) is 3. The van der Waals surface area contributed by atoms with Gasteiger partial charge in [-0.3, -0.25) is 14.0 Å². The first-order valence-electron chi connectivity index (χ1n) is 13.0. The average Bonchev–Trinajstić information content (AvgIpc) is 3.42. The maximum absolute atomic E-state index is 13.9. The lowest BCUT2D eigenvalue weighted by Gasteiger charge is -2.17. The molecule has 13 nitrogen and oxygen atoms in total. The Hall–Kier alpha value is -4.08. The summed E-state index contributed by atoms with van der Waals surface area (Å²) in [4.78, 5) is 43.2. The van der Waals surface area contributed by atoms with Crippen molar-refractivity contribution in [1.82, 2.24) is 30.0 Å². The zero-order valence-corrected chi connectivity index (χ0v) is 24.7. The number of amides is 1. The number of pyridine rings is 1. The van der Waals surface area contributed by atoms with Crippen molar-refractivity contribution in [3.63, 3.8) is 0 Å². The number of benzene rings is 1. The fourth-order valence-corrected chi connectivity index (χ4v) is 4.93. The molecule has 18 heteroatoms. The van der Waals surface area contributed by atoms with E-state index in [9.17, 15) is 32.3 Å². The topological polar surface area (TPSA) is 187 Å². The molecule has 0 aliphatic rings. The van der Waals surface area contributed by atoms with Crippen LogP contribution in [0.5, 0.6) is 0 Å². The van der Waals surface area contributed by atoms with Crippen LogP contribution in [0.3, 0.4) is 0 Å². The second-order valence-corrected chi connectivity index (χ2v) is 11.5. The summed E-state index contributed by atoms with van der Waals surface area (Å²) in [6.07, 6.45) is -0.319. The molecule has 3 aromatic heterocycles. The second-order valence-electron chi connectivity index (χ2n) is 9.44. The van der Waals surface area contributed by atoms with Gasteiger partial charge >= 0.3 is 13.8 Å². The number of unbranched alkanes of at least 4 members (excludes halogenated alkanes) is 1. The molecular weight excluding hydrogens is 628 g/mol. The number of hydrogen-bond donors (Lipinski definition) is 6. The number of alkyl halides is 3. The van der Waals surface area contributed by atoms with Crippen LogP contribution in [0.1, 0.15) is 34.5 Å². The van der Waals surface area contributed by atoms with Gasteiger partial charge < -0.3 is 30.8 Å². The molecule has 44 heavy (non-hydrogen) atoms. The van der Waals surface area contributed by atoms with Gasteiger partial charge in [0.05, 0.1) is 34.5 Å². The van der Waals surface area contributed by atoms with Gasteiger partial charge in [-0.15, -0.1) is 0 Å². The quantitative estimate of drug-likeness (QED) is 0.0918. The highest BCUT2D eigenvalue weighted by Crippen LogP contribution is 2.41. The molecule has 3 heterocycles. The number of aromatic nitrogens is 5. The predicted octanol–water partition coefficient (Wildman–Crippen LogP) is 4.70. The maximum atomic E-state index is 13.9. The minimum atomic E-state index is -4.87. The first-order valence-corrected chi connectivity index (χ1v) is 15.1. The van der Waals surface area contributed by atoms with Gasteiger partial charge in [-0.1, -0.05) is 17.7 Å². The van der Waals surface area contributed by atoms with Crippen LogP contribution in [-0.4, -0.2) is 59.2 Å². The maximum Gasteiger partial charge on any atom is 0.421 e. The van der Waals surface area contributed by atoms with Crippen LogP contribution in [0.15, 0.2) is 48.9 Å². The number of aliphatic hydroxyl groups is 1. The molecule has 6 N–H and O–H groups in total. The molecule has 1 amide bonds. The molecule has 0 bridgehead atoms. The van der Waals surface area contributed by atoms with Crippen LogP contribution in [0, 0.1) is 0 Å². The molecule has 0 unspecified atom stereocenters. The molecule has 0 saturated heterocycles. The zero-order chi connectivity index (χ0) is 32.1. The van der Waals surface area contributed by atoms with E-state index in [2.05, 4.69) is 36.0 Å². The highest BCUT2D eigenvalue weighted by atomic mass is 35.5. The predicted molar refractivity (Wildman–Crippen MR) is 156 cm³/mol. The molecule has 0 aliphatic carbocycles.